The minimum absolute atomic E-state index is 0.325. The fourth-order valence-corrected chi connectivity index (χ4v) is 2.62. The average molecular weight is 212 g/mol. The van der Waals surface area contributed by atoms with Crippen LogP contribution < -0.4 is 5.73 Å². The largest absolute Gasteiger partial charge is 0.381 e. The van der Waals surface area contributed by atoms with Crippen LogP contribution in [0, 0.1) is 0 Å². The molecule has 0 amide bonds. The lowest BCUT2D eigenvalue weighted by molar-refractivity contribution is 0.194. The second-order valence-electron chi connectivity index (χ2n) is 4.35. The molecule has 0 spiro atoms. The summed E-state index contributed by atoms with van der Waals surface area (Å²) in [4.78, 5) is 4.58. The van der Waals surface area contributed by atoms with Crippen LogP contribution in [0.15, 0.2) is 5.38 Å². The third kappa shape index (κ3) is 1.97. The Morgan fingerprint density at radius 3 is 2.93 bits per heavy atom. The molecule has 1 fully saturated rings. The smallest absolute Gasteiger partial charge is 0.0984 e. The molecule has 3 nitrogen and oxygen atoms in total. The Bertz CT molecular complexity index is 310. The number of thiazole rings is 1. The van der Waals surface area contributed by atoms with Crippen molar-refractivity contribution in [2.75, 3.05) is 13.2 Å². The van der Waals surface area contributed by atoms with Gasteiger partial charge in [0.1, 0.15) is 0 Å². The summed E-state index contributed by atoms with van der Waals surface area (Å²) in [6, 6.07) is 0. The molecule has 2 N–H and O–H groups in total. The number of aromatic nitrogens is 1. The third-order valence-corrected chi connectivity index (χ3v) is 3.47. The lowest BCUT2D eigenvalue weighted by atomic mass is 10.0. The Kier molecular flexibility index (Phi) is 2.60. The first-order valence-electron chi connectivity index (χ1n) is 4.90. The van der Waals surface area contributed by atoms with Crippen molar-refractivity contribution in [3.8, 4) is 0 Å². The molecule has 0 aromatic carbocycles. The highest BCUT2D eigenvalue weighted by molar-refractivity contribution is 7.09. The lowest BCUT2D eigenvalue weighted by Crippen LogP contribution is -2.29. The van der Waals surface area contributed by atoms with Crippen LogP contribution in [0.5, 0.6) is 0 Å². The van der Waals surface area contributed by atoms with Gasteiger partial charge < -0.3 is 10.5 Å². The molecule has 0 aliphatic carbocycles. The number of hydrogen-bond acceptors (Lipinski definition) is 4. The van der Waals surface area contributed by atoms with E-state index in [1.165, 1.54) is 5.01 Å². The third-order valence-electron chi connectivity index (χ3n) is 2.46. The summed E-state index contributed by atoms with van der Waals surface area (Å²) in [5, 5.41) is 3.24. The van der Waals surface area contributed by atoms with Crippen molar-refractivity contribution in [3.05, 3.63) is 16.1 Å². The standard InChI is InChI=1S/C10H16N2OS/c1-10(2,11)8-6-14-9(12-8)7-3-4-13-5-7/h6-7H,3-5,11H2,1-2H3. The molecule has 1 aliphatic rings. The van der Waals surface area contributed by atoms with Crippen molar-refractivity contribution in [1.29, 1.82) is 0 Å². The summed E-state index contributed by atoms with van der Waals surface area (Å²) >= 11 is 1.70. The van der Waals surface area contributed by atoms with Crippen LogP contribution in [0.1, 0.15) is 36.9 Å². The molecule has 1 atom stereocenters. The lowest BCUT2D eigenvalue weighted by Gasteiger charge is -2.14. The molecule has 78 valence electrons. The molecule has 1 aromatic heterocycles. The van der Waals surface area contributed by atoms with Gasteiger partial charge in [-0.3, -0.25) is 0 Å². The molecule has 4 heteroatoms. The van der Waals surface area contributed by atoms with E-state index in [0.29, 0.717) is 5.92 Å². The quantitative estimate of drug-likeness (QED) is 0.813. The van der Waals surface area contributed by atoms with Crippen molar-refractivity contribution < 1.29 is 4.74 Å². The van der Waals surface area contributed by atoms with Gasteiger partial charge in [-0.25, -0.2) is 4.98 Å². The van der Waals surface area contributed by atoms with Gasteiger partial charge in [-0.2, -0.15) is 0 Å². The molecule has 1 unspecified atom stereocenters. The van der Waals surface area contributed by atoms with Gasteiger partial charge in [0.25, 0.3) is 0 Å². The fraction of sp³-hybridized carbons (Fsp3) is 0.700. The molecule has 2 rings (SSSR count). The minimum Gasteiger partial charge on any atom is -0.381 e. The van der Waals surface area contributed by atoms with E-state index in [1.807, 2.05) is 13.8 Å². The van der Waals surface area contributed by atoms with Crippen LogP contribution >= 0.6 is 11.3 Å². The molecular weight excluding hydrogens is 196 g/mol. The topological polar surface area (TPSA) is 48.1 Å². The summed E-state index contributed by atoms with van der Waals surface area (Å²) in [6.45, 7) is 5.65. The molecule has 1 aromatic rings. The van der Waals surface area contributed by atoms with Crippen molar-refractivity contribution >= 4 is 11.3 Å². The van der Waals surface area contributed by atoms with Crippen LogP contribution in [0.25, 0.3) is 0 Å². The van der Waals surface area contributed by atoms with Gasteiger partial charge in [0, 0.05) is 17.9 Å². The molecule has 0 bridgehead atoms. The first-order valence-corrected chi connectivity index (χ1v) is 5.78. The Morgan fingerprint density at radius 1 is 1.64 bits per heavy atom. The van der Waals surface area contributed by atoms with E-state index in [1.54, 1.807) is 11.3 Å². The Labute approximate surface area is 88.3 Å². The number of hydrogen-bond donors (Lipinski definition) is 1. The van der Waals surface area contributed by atoms with Gasteiger partial charge in [-0.15, -0.1) is 11.3 Å². The van der Waals surface area contributed by atoms with Crippen LogP contribution in [0.4, 0.5) is 0 Å². The highest BCUT2D eigenvalue weighted by Gasteiger charge is 2.24. The maximum Gasteiger partial charge on any atom is 0.0984 e. The van der Waals surface area contributed by atoms with Crippen molar-refractivity contribution in [2.45, 2.75) is 31.7 Å². The van der Waals surface area contributed by atoms with E-state index in [-0.39, 0.29) is 5.54 Å². The minimum atomic E-state index is -0.325. The zero-order valence-electron chi connectivity index (χ0n) is 8.62. The predicted octanol–water partition coefficient (Wildman–Crippen LogP) is 1.84. The number of rotatable bonds is 2. The van der Waals surface area contributed by atoms with E-state index in [2.05, 4.69) is 10.4 Å². The van der Waals surface area contributed by atoms with Crippen LogP contribution in [-0.2, 0) is 10.3 Å². The molecular formula is C10H16N2OS. The van der Waals surface area contributed by atoms with Crippen LogP contribution in [0.3, 0.4) is 0 Å². The molecule has 0 saturated carbocycles. The average Bonchev–Trinajstić information content (AvgIpc) is 2.73. The zero-order chi connectivity index (χ0) is 10.2. The second-order valence-corrected chi connectivity index (χ2v) is 5.24. The molecule has 14 heavy (non-hydrogen) atoms. The Hall–Kier alpha value is -0.450. The van der Waals surface area contributed by atoms with Crippen molar-refractivity contribution in [2.24, 2.45) is 5.73 Å². The zero-order valence-corrected chi connectivity index (χ0v) is 9.43. The number of ether oxygens (including phenoxy) is 1. The van der Waals surface area contributed by atoms with Crippen molar-refractivity contribution in [1.82, 2.24) is 4.98 Å². The van der Waals surface area contributed by atoms with Crippen LogP contribution in [0.2, 0.25) is 0 Å². The number of nitrogens with two attached hydrogens (primary N) is 1. The Morgan fingerprint density at radius 2 is 2.43 bits per heavy atom. The SMILES string of the molecule is CC(C)(N)c1csc(C2CCOC2)n1. The van der Waals surface area contributed by atoms with E-state index in [0.717, 1.165) is 25.3 Å². The van der Waals surface area contributed by atoms with Gasteiger partial charge >= 0.3 is 0 Å². The summed E-state index contributed by atoms with van der Waals surface area (Å²) in [5.41, 5.74) is 6.65. The monoisotopic (exact) mass is 212 g/mol. The van der Waals surface area contributed by atoms with Gasteiger partial charge in [-0.1, -0.05) is 0 Å². The highest BCUT2D eigenvalue weighted by Crippen LogP contribution is 2.30. The summed E-state index contributed by atoms with van der Waals surface area (Å²) in [6.07, 6.45) is 1.10. The number of nitrogens with zero attached hydrogens (tertiary/aromatic N) is 1. The maximum absolute atomic E-state index is 5.98. The van der Waals surface area contributed by atoms with E-state index in [9.17, 15) is 0 Å². The first kappa shape index (κ1) is 10.1. The predicted molar refractivity (Wildman–Crippen MR) is 57.5 cm³/mol. The van der Waals surface area contributed by atoms with Gasteiger partial charge in [0.05, 0.1) is 22.8 Å². The van der Waals surface area contributed by atoms with E-state index in [4.69, 9.17) is 10.5 Å². The summed E-state index contributed by atoms with van der Waals surface area (Å²) < 4.78 is 5.34. The first-order chi connectivity index (χ1) is 6.57. The van der Waals surface area contributed by atoms with E-state index < -0.39 is 0 Å². The second kappa shape index (κ2) is 3.61. The van der Waals surface area contributed by atoms with E-state index >= 15 is 0 Å². The normalized spacial score (nSPS) is 22.9. The van der Waals surface area contributed by atoms with Gasteiger partial charge in [0.15, 0.2) is 0 Å². The maximum atomic E-state index is 5.98. The van der Waals surface area contributed by atoms with Gasteiger partial charge in [-0.05, 0) is 20.3 Å². The molecule has 2 heterocycles. The molecule has 0 radical (unpaired) electrons. The van der Waals surface area contributed by atoms with Crippen molar-refractivity contribution in [3.63, 3.8) is 0 Å². The highest BCUT2D eigenvalue weighted by atomic mass is 32.1. The van der Waals surface area contributed by atoms with Gasteiger partial charge in [0.2, 0.25) is 0 Å². The molecule has 1 saturated heterocycles. The molecule has 1 aliphatic heterocycles. The Balaban J connectivity index is 2.17. The fourth-order valence-electron chi connectivity index (χ4n) is 1.50. The summed E-state index contributed by atoms with van der Waals surface area (Å²) in [7, 11) is 0. The van der Waals surface area contributed by atoms with Crippen LogP contribution in [-0.4, -0.2) is 18.2 Å². The summed E-state index contributed by atoms with van der Waals surface area (Å²) in [5.74, 6) is 0.496.